The molecule has 1 fully saturated rings. The molecule has 0 spiro atoms. The Hall–Kier alpha value is -3.01. The molecule has 1 saturated heterocycles. The average Bonchev–Trinajstić information content (AvgIpc) is 2.60. The Morgan fingerprint density at radius 3 is 2.32 bits per heavy atom. The molecule has 1 aliphatic rings. The van der Waals surface area contributed by atoms with Gasteiger partial charge in [-0.05, 0) is 60.3 Å². The number of hydrogen-bond acceptors (Lipinski definition) is 4. The Balaban J connectivity index is 1.98. The number of rotatable bonds is 2. The molecular formula is C18H10ClN3O2S. The van der Waals surface area contributed by atoms with Gasteiger partial charge in [0.25, 0.3) is 11.8 Å². The summed E-state index contributed by atoms with van der Waals surface area (Å²) in [5, 5.41) is 11.9. The zero-order chi connectivity index (χ0) is 18.0. The molecule has 5 nitrogen and oxygen atoms in total. The van der Waals surface area contributed by atoms with Crippen molar-refractivity contribution in [2.75, 3.05) is 4.90 Å². The molecule has 7 heteroatoms. The molecule has 2 aromatic carbocycles. The molecule has 0 aliphatic carbocycles. The normalized spacial score (nSPS) is 15.9. The molecular weight excluding hydrogens is 358 g/mol. The summed E-state index contributed by atoms with van der Waals surface area (Å²) in [6.45, 7) is 0. The van der Waals surface area contributed by atoms with Crippen LogP contribution in [-0.2, 0) is 9.59 Å². The summed E-state index contributed by atoms with van der Waals surface area (Å²) >= 11 is 11.0. The number of nitrogens with zero attached hydrogens (tertiary/aromatic N) is 2. The highest BCUT2D eigenvalue weighted by atomic mass is 35.5. The lowest BCUT2D eigenvalue weighted by molar-refractivity contribution is -0.122. The first-order valence-electron chi connectivity index (χ1n) is 7.17. The Labute approximate surface area is 154 Å². The SMILES string of the molecule is N#Cc1ccc(/C=C2\C(=O)NC(=S)N(c3ccc(Cl)cc3)C2=O)cc1. The van der Waals surface area contributed by atoms with Crippen LogP contribution in [0, 0.1) is 11.3 Å². The van der Waals surface area contributed by atoms with Crippen LogP contribution in [0.1, 0.15) is 11.1 Å². The number of hydrogen-bond donors (Lipinski definition) is 1. The van der Waals surface area contributed by atoms with Gasteiger partial charge in [0.15, 0.2) is 5.11 Å². The van der Waals surface area contributed by atoms with E-state index in [0.29, 0.717) is 21.8 Å². The second-order valence-electron chi connectivity index (χ2n) is 5.17. The van der Waals surface area contributed by atoms with Gasteiger partial charge in [-0.15, -0.1) is 0 Å². The second kappa shape index (κ2) is 6.85. The lowest BCUT2D eigenvalue weighted by Gasteiger charge is -2.28. The largest absolute Gasteiger partial charge is 0.298 e. The van der Waals surface area contributed by atoms with Gasteiger partial charge < -0.3 is 0 Å². The summed E-state index contributed by atoms with van der Waals surface area (Å²) in [6.07, 6.45) is 1.46. The third-order valence-electron chi connectivity index (χ3n) is 3.54. The minimum absolute atomic E-state index is 0.00861. The first-order valence-corrected chi connectivity index (χ1v) is 7.95. The van der Waals surface area contributed by atoms with Crippen LogP contribution in [0.25, 0.3) is 6.08 Å². The molecule has 2 amide bonds. The van der Waals surface area contributed by atoms with Crippen molar-refractivity contribution in [1.82, 2.24) is 5.32 Å². The first-order chi connectivity index (χ1) is 12.0. The predicted molar refractivity (Wildman–Crippen MR) is 98.8 cm³/mol. The van der Waals surface area contributed by atoms with Crippen LogP contribution in [0.5, 0.6) is 0 Å². The van der Waals surface area contributed by atoms with Crippen molar-refractivity contribution in [2.24, 2.45) is 0 Å². The second-order valence-corrected chi connectivity index (χ2v) is 5.99. The monoisotopic (exact) mass is 367 g/mol. The number of nitrogens with one attached hydrogen (secondary N) is 1. The number of carbonyl (C=O) groups excluding carboxylic acids is 2. The van der Waals surface area contributed by atoms with E-state index in [0.717, 1.165) is 0 Å². The summed E-state index contributed by atoms with van der Waals surface area (Å²) in [5.41, 5.74) is 1.57. The molecule has 2 aromatic rings. The van der Waals surface area contributed by atoms with E-state index in [-0.39, 0.29) is 10.7 Å². The van der Waals surface area contributed by atoms with Crippen molar-refractivity contribution in [3.63, 3.8) is 0 Å². The van der Waals surface area contributed by atoms with Crippen LogP contribution >= 0.6 is 23.8 Å². The average molecular weight is 368 g/mol. The lowest BCUT2D eigenvalue weighted by atomic mass is 10.1. The highest BCUT2D eigenvalue weighted by molar-refractivity contribution is 7.80. The summed E-state index contributed by atoms with van der Waals surface area (Å²) in [4.78, 5) is 26.2. The number of carbonyl (C=O) groups is 2. The quantitative estimate of drug-likeness (QED) is 0.503. The molecule has 0 aromatic heterocycles. The number of amides is 2. The molecule has 0 radical (unpaired) electrons. The molecule has 25 heavy (non-hydrogen) atoms. The van der Waals surface area contributed by atoms with E-state index in [1.54, 1.807) is 48.5 Å². The van der Waals surface area contributed by atoms with Crippen LogP contribution in [-0.4, -0.2) is 16.9 Å². The van der Waals surface area contributed by atoms with Crippen molar-refractivity contribution in [1.29, 1.82) is 5.26 Å². The fourth-order valence-electron chi connectivity index (χ4n) is 2.30. The van der Waals surface area contributed by atoms with Crippen molar-refractivity contribution in [3.05, 3.63) is 70.3 Å². The number of anilines is 1. The molecule has 0 atom stereocenters. The number of benzene rings is 2. The van der Waals surface area contributed by atoms with E-state index in [2.05, 4.69) is 5.32 Å². The van der Waals surface area contributed by atoms with E-state index in [9.17, 15) is 9.59 Å². The zero-order valence-electron chi connectivity index (χ0n) is 12.7. The smallest absolute Gasteiger partial charge is 0.270 e. The summed E-state index contributed by atoms with van der Waals surface area (Å²) in [5.74, 6) is -1.09. The Bertz CT molecular complexity index is 944. The fraction of sp³-hybridized carbons (Fsp3) is 0. The van der Waals surface area contributed by atoms with Crippen molar-refractivity contribution in [2.45, 2.75) is 0 Å². The number of nitriles is 1. The molecule has 0 bridgehead atoms. The summed E-state index contributed by atoms with van der Waals surface area (Å²) < 4.78 is 0. The predicted octanol–water partition coefficient (Wildman–Crippen LogP) is 3.04. The van der Waals surface area contributed by atoms with E-state index in [1.807, 2.05) is 6.07 Å². The highest BCUT2D eigenvalue weighted by Gasteiger charge is 2.34. The fourth-order valence-corrected chi connectivity index (χ4v) is 2.71. The van der Waals surface area contributed by atoms with Crippen LogP contribution in [0.3, 0.4) is 0 Å². The van der Waals surface area contributed by atoms with E-state index in [1.165, 1.54) is 11.0 Å². The van der Waals surface area contributed by atoms with Gasteiger partial charge in [-0.1, -0.05) is 23.7 Å². The van der Waals surface area contributed by atoms with Crippen molar-refractivity contribution in [3.8, 4) is 6.07 Å². The van der Waals surface area contributed by atoms with Crippen LogP contribution in [0.2, 0.25) is 5.02 Å². The lowest BCUT2D eigenvalue weighted by Crippen LogP contribution is -2.54. The Kier molecular flexibility index (Phi) is 4.61. The van der Waals surface area contributed by atoms with E-state index >= 15 is 0 Å². The van der Waals surface area contributed by atoms with Crippen LogP contribution in [0.15, 0.2) is 54.1 Å². The summed E-state index contributed by atoms with van der Waals surface area (Å²) in [7, 11) is 0. The van der Waals surface area contributed by atoms with Gasteiger partial charge in [0.2, 0.25) is 0 Å². The van der Waals surface area contributed by atoms with Gasteiger partial charge in [0, 0.05) is 5.02 Å². The maximum Gasteiger partial charge on any atom is 0.270 e. The standard InChI is InChI=1S/C18H10ClN3O2S/c19-13-5-7-14(8-6-13)22-17(24)15(16(23)21-18(22)25)9-11-1-3-12(10-20)4-2-11/h1-9H,(H,21,23,25)/b15-9+. The minimum Gasteiger partial charge on any atom is -0.298 e. The molecule has 122 valence electrons. The minimum atomic E-state index is -0.565. The number of thiocarbonyl (C=S) groups is 1. The Morgan fingerprint density at radius 2 is 1.72 bits per heavy atom. The highest BCUT2D eigenvalue weighted by Crippen LogP contribution is 2.23. The van der Waals surface area contributed by atoms with Gasteiger partial charge in [-0.25, -0.2) is 0 Å². The molecule has 0 saturated carbocycles. The molecule has 0 unspecified atom stereocenters. The van der Waals surface area contributed by atoms with Crippen molar-refractivity contribution < 1.29 is 9.59 Å². The van der Waals surface area contributed by atoms with Crippen molar-refractivity contribution >= 4 is 52.5 Å². The summed E-state index contributed by atoms with van der Waals surface area (Å²) in [6, 6.07) is 15.1. The van der Waals surface area contributed by atoms with E-state index < -0.39 is 11.8 Å². The third kappa shape index (κ3) is 3.43. The molecule has 3 rings (SSSR count). The third-order valence-corrected chi connectivity index (χ3v) is 4.07. The molecule has 1 aliphatic heterocycles. The zero-order valence-corrected chi connectivity index (χ0v) is 14.3. The van der Waals surface area contributed by atoms with E-state index in [4.69, 9.17) is 29.1 Å². The van der Waals surface area contributed by atoms with Crippen LogP contribution < -0.4 is 10.2 Å². The molecule has 1 heterocycles. The maximum atomic E-state index is 12.8. The van der Waals surface area contributed by atoms with Gasteiger partial charge in [-0.3, -0.25) is 19.8 Å². The topological polar surface area (TPSA) is 73.2 Å². The first kappa shape index (κ1) is 16.8. The Morgan fingerprint density at radius 1 is 1.08 bits per heavy atom. The van der Waals surface area contributed by atoms with Crippen LogP contribution in [0.4, 0.5) is 5.69 Å². The van der Waals surface area contributed by atoms with Gasteiger partial charge in [0.05, 0.1) is 17.3 Å². The molecule has 1 N–H and O–H groups in total. The number of halogens is 1. The van der Waals surface area contributed by atoms with Gasteiger partial charge in [0.1, 0.15) is 5.57 Å². The van der Waals surface area contributed by atoms with Gasteiger partial charge in [-0.2, -0.15) is 5.26 Å². The van der Waals surface area contributed by atoms with Gasteiger partial charge >= 0.3 is 0 Å². The maximum absolute atomic E-state index is 12.8.